The Kier molecular flexibility index (Phi) is 7.02. The summed E-state index contributed by atoms with van der Waals surface area (Å²) in [7, 11) is 1.67. The van der Waals surface area contributed by atoms with Gasteiger partial charge in [0.05, 0.1) is 12.8 Å². The summed E-state index contributed by atoms with van der Waals surface area (Å²) in [6, 6.07) is 28.8. The highest BCUT2D eigenvalue weighted by molar-refractivity contribution is 7.98. The standard InChI is InChI=1S/C27H24N4OS2/c1-32-24-14-12-21(13-15-24)25-29-30-27(31(25)17-16-20-8-4-2-5-9-20)34-19-23-18-33-26(28-23)22-10-6-3-7-11-22/h2-15,18H,16-17,19H2,1H3. The zero-order chi connectivity index (χ0) is 23.2. The number of thioether (sulfide) groups is 1. The predicted molar refractivity (Wildman–Crippen MR) is 139 cm³/mol. The molecule has 0 fully saturated rings. The minimum Gasteiger partial charge on any atom is -0.497 e. The molecule has 0 radical (unpaired) electrons. The van der Waals surface area contributed by atoms with Crippen molar-refractivity contribution < 1.29 is 4.74 Å². The molecule has 0 atom stereocenters. The van der Waals surface area contributed by atoms with Crippen LogP contribution in [0.5, 0.6) is 5.75 Å². The monoisotopic (exact) mass is 484 g/mol. The SMILES string of the molecule is COc1ccc(-c2nnc(SCc3csc(-c4ccccc4)n3)n2CCc2ccccc2)cc1. The van der Waals surface area contributed by atoms with Crippen LogP contribution in [0.15, 0.2) is 95.5 Å². The van der Waals surface area contributed by atoms with Crippen LogP contribution in [0, 0.1) is 0 Å². The Balaban J connectivity index is 1.37. The molecule has 5 rings (SSSR count). The summed E-state index contributed by atoms with van der Waals surface area (Å²) in [6.07, 6.45) is 0.907. The van der Waals surface area contributed by atoms with Gasteiger partial charge in [0, 0.05) is 28.8 Å². The van der Waals surface area contributed by atoms with E-state index in [0.29, 0.717) is 0 Å². The van der Waals surface area contributed by atoms with E-state index < -0.39 is 0 Å². The van der Waals surface area contributed by atoms with Gasteiger partial charge in [0.1, 0.15) is 10.8 Å². The molecule has 3 aromatic carbocycles. The Bertz CT molecular complexity index is 1330. The maximum absolute atomic E-state index is 5.31. The molecule has 0 aliphatic carbocycles. The van der Waals surface area contributed by atoms with Gasteiger partial charge in [-0.2, -0.15) is 0 Å². The first kappa shape index (κ1) is 22.4. The maximum atomic E-state index is 5.31. The molecule has 34 heavy (non-hydrogen) atoms. The van der Waals surface area contributed by atoms with Gasteiger partial charge in [-0.3, -0.25) is 0 Å². The van der Waals surface area contributed by atoms with Crippen molar-refractivity contribution in [2.45, 2.75) is 23.9 Å². The van der Waals surface area contributed by atoms with E-state index in [1.165, 1.54) is 5.56 Å². The van der Waals surface area contributed by atoms with Crippen LogP contribution in [-0.2, 0) is 18.7 Å². The number of benzene rings is 3. The fraction of sp³-hybridized carbons (Fsp3) is 0.148. The Morgan fingerprint density at radius 1 is 0.853 bits per heavy atom. The topological polar surface area (TPSA) is 52.8 Å². The van der Waals surface area contributed by atoms with Gasteiger partial charge in [0.2, 0.25) is 0 Å². The van der Waals surface area contributed by atoms with Crippen molar-refractivity contribution in [2.75, 3.05) is 7.11 Å². The van der Waals surface area contributed by atoms with Crippen molar-refractivity contribution in [2.24, 2.45) is 0 Å². The van der Waals surface area contributed by atoms with Crippen LogP contribution in [0.3, 0.4) is 0 Å². The van der Waals surface area contributed by atoms with Gasteiger partial charge in [0.15, 0.2) is 11.0 Å². The summed E-state index contributed by atoms with van der Waals surface area (Å²) in [5, 5.41) is 13.2. The highest BCUT2D eigenvalue weighted by Crippen LogP contribution is 2.30. The molecule has 0 saturated heterocycles. The summed E-state index contributed by atoms with van der Waals surface area (Å²) in [5.74, 6) is 2.44. The maximum Gasteiger partial charge on any atom is 0.191 e. The Morgan fingerprint density at radius 3 is 2.32 bits per heavy atom. The number of nitrogens with zero attached hydrogens (tertiary/aromatic N) is 4. The van der Waals surface area contributed by atoms with Gasteiger partial charge in [-0.15, -0.1) is 21.5 Å². The fourth-order valence-corrected chi connectivity index (χ4v) is 5.45. The number of aryl methyl sites for hydroxylation is 1. The molecule has 0 aliphatic heterocycles. The third-order valence-electron chi connectivity index (χ3n) is 5.45. The highest BCUT2D eigenvalue weighted by Gasteiger charge is 2.16. The van der Waals surface area contributed by atoms with E-state index in [-0.39, 0.29) is 0 Å². The predicted octanol–water partition coefficient (Wildman–Crippen LogP) is 6.61. The molecule has 2 aromatic heterocycles. The summed E-state index contributed by atoms with van der Waals surface area (Å²) in [6.45, 7) is 0.799. The fourth-order valence-electron chi connectivity index (χ4n) is 3.66. The van der Waals surface area contributed by atoms with E-state index in [1.807, 2.05) is 48.5 Å². The van der Waals surface area contributed by atoms with E-state index >= 15 is 0 Å². The van der Waals surface area contributed by atoms with Crippen LogP contribution in [0.4, 0.5) is 0 Å². The molecular weight excluding hydrogens is 460 g/mol. The number of hydrogen-bond donors (Lipinski definition) is 0. The molecular formula is C27H24N4OS2. The van der Waals surface area contributed by atoms with Crippen LogP contribution in [0.1, 0.15) is 11.3 Å². The number of rotatable bonds is 9. The van der Waals surface area contributed by atoms with E-state index in [9.17, 15) is 0 Å². The third-order valence-corrected chi connectivity index (χ3v) is 7.39. The van der Waals surface area contributed by atoms with E-state index in [1.54, 1.807) is 30.2 Å². The van der Waals surface area contributed by atoms with Crippen molar-refractivity contribution in [1.82, 2.24) is 19.7 Å². The zero-order valence-electron chi connectivity index (χ0n) is 18.8. The van der Waals surface area contributed by atoms with Crippen molar-refractivity contribution in [3.63, 3.8) is 0 Å². The van der Waals surface area contributed by atoms with Gasteiger partial charge < -0.3 is 9.30 Å². The molecule has 0 saturated carbocycles. The molecule has 170 valence electrons. The minimum absolute atomic E-state index is 0.745. The number of methoxy groups -OCH3 is 1. The van der Waals surface area contributed by atoms with Crippen LogP contribution >= 0.6 is 23.1 Å². The Labute approximate surface area is 207 Å². The molecule has 0 bridgehead atoms. The van der Waals surface area contributed by atoms with Gasteiger partial charge in [-0.25, -0.2) is 4.98 Å². The molecule has 0 aliphatic rings. The Morgan fingerprint density at radius 2 is 1.59 bits per heavy atom. The van der Waals surface area contributed by atoms with Gasteiger partial charge in [-0.05, 0) is 36.2 Å². The van der Waals surface area contributed by atoms with Crippen LogP contribution < -0.4 is 4.74 Å². The summed E-state index contributed by atoms with van der Waals surface area (Å²) >= 11 is 3.35. The lowest BCUT2D eigenvalue weighted by atomic mass is 10.1. The van der Waals surface area contributed by atoms with E-state index in [0.717, 1.165) is 57.3 Å². The summed E-state index contributed by atoms with van der Waals surface area (Å²) in [5.41, 5.74) is 4.52. The molecule has 0 unspecified atom stereocenters. The number of ether oxygens (including phenoxy) is 1. The first-order chi connectivity index (χ1) is 16.8. The van der Waals surface area contributed by atoms with Gasteiger partial charge in [0.25, 0.3) is 0 Å². The average molecular weight is 485 g/mol. The van der Waals surface area contributed by atoms with Crippen LogP contribution in [0.2, 0.25) is 0 Å². The van der Waals surface area contributed by atoms with E-state index in [2.05, 4.69) is 56.5 Å². The second kappa shape index (κ2) is 10.7. The largest absolute Gasteiger partial charge is 0.497 e. The molecule has 0 amide bonds. The number of thiazole rings is 1. The van der Waals surface area contributed by atoms with E-state index in [4.69, 9.17) is 9.72 Å². The molecule has 2 heterocycles. The van der Waals surface area contributed by atoms with Gasteiger partial charge >= 0.3 is 0 Å². The quantitative estimate of drug-likeness (QED) is 0.220. The summed E-state index contributed by atoms with van der Waals surface area (Å²) in [4.78, 5) is 4.83. The third kappa shape index (κ3) is 5.21. The lowest BCUT2D eigenvalue weighted by Gasteiger charge is -2.11. The van der Waals surface area contributed by atoms with Crippen LogP contribution in [0.25, 0.3) is 22.0 Å². The molecule has 0 N–H and O–H groups in total. The smallest absolute Gasteiger partial charge is 0.191 e. The average Bonchev–Trinajstić information content (AvgIpc) is 3.54. The highest BCUT2D eigenvalue weighted by atomic mass is 32.2. The molecule has 5 nitrogen and oxygen atoms in total. The normalized spacial score (nSPS) is 11.0. The molecule has 5 aromatic rings. The summed E-state index contributed by atoms with van der Waals surface area (Å²) < 4.78 is 7.53. The van der Waals surface area contributed by atoms with Crippen molar-refractivity contribution in [1.29, 1.82) is 0 Å². The minimum atomic E-state index is 0.745. The van der Waals surface area contributed by atoms with Crippen molar-refractivity contribution in [3.8, 4) is 27.7 Å². The molecule has 7 heteroatoms. The lowest BCUT2D eigenvalue weighted by molar-refractivity contribution is 0.415. The second-order valence-electron chi connectivity index (χ2n) is 7.72. The Hall–Kier alpha value is -3.42. The van der Waals surface area contributed by atoms with Crippen LogP contribution in [-0.4, -0.2) is 26.9 Å². The second-order valence-corrected chi connectivity index (χ2v) is 9.52. The first-order valence-electron chi connectivity index (χ1n) is 11.0. The number of hydrogen-bond acceptors (Lipinski definition) is 6. The lowest BCUT2D eigenvalue weighted by Crippen LogP contribution is -2.05. The van der Waals surface area contributed by atoms with Crippen molar-refractivity contribution >= 4 is 23.1 Å². The van der Waals surface area contributed by atoms with Gasteiger partial charge in [-0.1, -0.05) is 72.4 Å². The first-order valence-corrected chi connectivity index (χ1v) is 12.9. The molecule has 0 spiro atoms. The number of aromatic nitrogens is 4. The zero-order valence-corrected chi connectivity index (χ0v) is 20.4. The van der Waals surface area contributed by atoms with Crippen molar-refractivity contribution in [3.05, 3.63) is 102 Å².